The van der Waals surface area contributed by atoms with Crippen LogP contribution in [0.4, 0.5) is 5.69 Å². The summed E-state index contributed by atoms with van der Waals surface area (Å²) in [5.41, 5.74) is 3.73. The predicted molar refractivity (Wildman–Crippen MR) is 127 cm³/mol. The zero-order valence-electron chi connectivity index (χ0n) is 18.3. The maximum absolute atomic E-state index is 13.3. The van der Waals surface area contributed by atoms with Gasteiger partial charge in [0.15, 0.2) is 21.9 Å². The van der Waals surface area contributed by atoms with Gasteiger partial charge in [-0.3, -0.25) is 4.79 Å². The van der Waals surface area contributed by atoms with E-state index in [1.54, 1.807) is 26.4 Å². The molecule has 0 aliphatic carbocycles. The molecule has 2 heterocycles. The molecule has 3 aromatic rings. The number of amides is 1. The molecular weight excluding hydrogens is 474 g/mol. The highest BCUT2D eigenvalue weighted by atomic mass is 79.9. The standard InChI is InChI=1S/C24H24BrN3O4/c1-27(2)17-8-5-15(6-9-17)19-14-18(16-7-10-20(30-3)22(13-16)31-4)26-28(19)24(29)21-11-12-23(25)32-21/h5-13,19H,14H2,1-4H3. The lowest BCUT2D eigenvalue weighted by molar-refractivity contribution is 0.0677. The number of halogens is 1. The number of rotatable bonds is 6. The Morgan fingerprint density at radius 2 is 1.78 bits per heavy atom. The van der Waals surface area contributed by atoms with Crippen molar-refractivity contribution in [2.45, 2.75) is 12.5 Å². The first-order chi connectivity index (χ1) is 15.4. The van der Waals surface area contributed by atoms with Gasteiger partial charge in [0.25, 0.3) is 0 Å². The van der Waals surface area contributed by atoms with Gasteiger partial charge in [-0.2, -0.15) is 5.10 Å². The van der Waals surface area contributed by atoms with E-state index in [9.17, 15) is 4.79 Å². The topological polar surface area (TPSA) is 67.5 Å². The summed E-state index contributed by atoms with van der Waals surface area (Å²) < 4.78 is 16.8. The van der Waals surface area contributed by atoms with Gasteiger partial charge in [-0.1, -0.05) is 12.1 Å². The number of hydrogen-bond donors (Lipinski definition) is 0. The zero-order valence-corrected chi connectivity index (χ0v) is 19.9. The Morgan fingerprint density at radius 3 is 2.38 bits per heavy atom. The molecule has 0 radical (unpaired) electrons. The minimum Gasteiger partial charge on any atom is -0.493 e. The third-order valence-corrected chi connectivity index (χ3v) is 5.84. The molecule has 4 rings (SSSR count). The second-order valence-corrected chi connectivity index (χ2v) is 8.36. The second-order valence-electron chi connectivity index (χ2n) is 7.58. The van der Waals surface area contributed by atoms with E-state index < -0.39 is 0 Å². The Balaban J connectivity index is 1.72. The van der Waals surface area contributed by atoms with Crippen LogP contribution in [0.5, 0.6) is 11.5 Å². The lowest BCUT2D eigenvalue weighted by atomic mass is 9.97. The average Bonchev–Trinajstić information content (AvgIpc) is 3.45. The van der Waals surface area contributed by atoms with Crippen LogP contribution in [0.1, 0.15) is 34.1 Å². The van der Waals surface area contributed by atoms with E-state index in [4.69, 9.17) is 19.0 Å². The Bertz CT molecular complexity index is 1150. The van der Waals surface area contributed by atoms with E-state index >= 15 is 0 Å². The minimum absolute atomic E-state index is 0.226. The van der Waals surface area contributed by atoms with Gasteiger partial charge in [0.05, 0.1) is 26.0 Å². The summed E-state index contributed by atoms with van der Waals surface area (Å²) in [6.45, 7) is 0. The summed E-state index contributed by atoms with van der Waals surface area (Å²) in [5, 5.41) is 6.21. The summed E-state index contributed by atoms with van der Waals surface area (Å²) in [6.07, 6.45) is 0.560. The minimum atomic E-state index is -0.298. The largest absolute Gasteiger partial charge is 0.493 e. The van der Waals surface area contributed by atoms with Crippen LogP contribution in [0.15, 0.2) is 68.8 Å². The van der Waals surface area contributed by atoms with Crippen LogP contribution in [0.2, 0.25) is 0 Å². The van der Waals surface area contributed by atoms with E-state index in [0.29, 0.717) is 22.6 Å². The molecule has 0 saturated carbocycles. The molecule has 0 bridgehead atoms. The van der Waals surface area contributed by atoms with Gasteiger partial charge in [0.1, 0.15) is 0 Å². The van der Waals surface area contributed by atoms with E-state index in [1.165, 1.54) is 5.01 Å². The van der Waals surface area contributed by atoms with Crippen molar-refractivity contribution in [3.8, 4) is 11.5 Å². The van der Waals surface area contributed by atoms with Gasteiger partial charge in [-0.15, -0.1) is 0 Å². The van der Waals surface area contributed by atoms with Gasteiger partial charge >= 0.3 is 5.91 Å². The number of furan rings is 1. The molecule has 8 heteroatoms. The number of carbonyl (C=O) groups is 1. The van der Waals surface area contributed by atoms with Crippen molar-refractivity contribution < 1.29 is 18.7 Å². The lowest BCUT2D eigenvalue weighted by Crippen LogP contribution is -2.26. The molecule has 1 amide bonds. The fraction of sp³-hybridized carbons (Fsp3) is 0.250. The van der Waals surface area contributed by atoms with E-state index in [2.05, 4.69) is 15.9 Å². The normalized spacial score (nSPS) is 15.5. The Kier molecular flexibility index (Phi) is 6.23. The molecule has 0 fully saturated rings. The van der Waals surface area contributed by atoms with Crippen LogP contribution in [0.25, 0.3) is 0 Å². The fourth-order valence-electron chi connectivity index (χ4n) is 3.68. The van der Waals surface area contributed by atoms with Crippen molar-refractivity contribution in [1.82, 2.24) is 5.01 Å². The molecule has 1 aromatic heterocycles. The van der Waals surface area contributed by atoms with E-state index in [1.807, 2.05) is 61.5 Å². The summed E-state index contributed by atoms with van der Waals surface area (Å²) in [5.74, 6) is 1.18. The first-order valence-corrected chi connectivity index (χ1v) is 10.9. The van der Waals surface area contributed by atoms with Crippen LogP contribution in [0, 0.1) is 0 Å². The Morgan fingerprint density at radius 1 is 1.06 bits per heavy atom. The molecule has 1 aliphatic heterocycles. The molecular formula is C24H24BrN3O4. The van der Waals surface area contributed by atoms with Crippen LogP contribution >= 0.6 is 15.9 Å². The first-order valence-electron chi connectivity index (χ1n) is 10.1. The number of ether oxygens (including phenoxy) is 2. The van der Waals surface area contributed by atoms with Gasteiger partial charge in [-0.05, 0) is 64.0 Å². The molecule has 166 valence electrons. The summed E-state index contributed by atoms with van der Waals surface area (Å²) in [6, 6.07) is 16.9. The highest BCUT2D eigenvalue weighted by Crippen LogP contribution is 2.37. The maximum Gasteiger partial charge on any atom is 0.310 e. The Labute approximate surface area is 195 Å². The highest BCUT2D eigenvalue weighted by Gasteiger charge is 2.35. The molecule has 1 unspecified atom stereocenters. The predicted octanol–water partition coefficient (Wildman–Crippen LogP) is 5.12. The van der Waals surface area contributed by atoms with Crippen LogP contribution in [0.3, 0.4) is 0 Å². The number of methoxy groups -OCH3 is 2. The van der Waals surface area contributed by atoms with Crippen LogP contribution in [-0.4, -0.2) is 44.9 Å². The Hall–Kier alpha value is -3.26. The monoisotopic (exact) mass is 497 g/mol. The number of hydrazone groups is 1. The summed E-state index contributed by atoms with van der Waals surface area (Å²) >= 11 is 3.26. The maximum atomic E-state index is 13.3. The van der Waals surface area contributed by atoms with Crippen molar-refractivity contribution in [1.29, 1.82) is 0 Å². The SMILES string of the molecule is COc1ccc(C2=NN(C(=O)c3ccc(Br)o3)C(c3ccc(N(C)C)cc3)C2)cc1OC. The average molecular weight is 498 g/mol. The molecule has 32 heavy (non-hydrogen) atoms. The summed E-state index contributed by atoms with van der Waals surface area (Å²) in [4.78, 5) is 15.3. The van der Waals surface area contributed by atoms with Crippen molar-refractivity contribution in [2.24, 2.45) is 5.10 Å². The molecule has 7 nitrogen and oxygen atoms in total. The third kappa shape index (κ3) is 4.23. The van der Waals surface area contributed by atoms with Crippen molar-refractivity contribution in [3.05, 3.63) is 76.2 Å². The van der Waals surface area contributed by atoms with E-state index in [0.717, 1.165) is 22.5 Å². The van der Waals surface area contributed by atoms with Crippen molar-refractivity contribution in [2.75, 3.05) is 33.2 Å². The molecule has 0 N–H and O–H groups in total. The van der Waals surface area contributed by atoms with Crippen molar-refractivity contribution >= 4 is 33.2 Å². The fourth-order valence-corrected chi connectivity index (χ4v) is 3.99. The number of anilines is 1. The zero-order chi connectivity index (χ0) is 22.8. The van der Waals surface area contributed by atoms with Gasteiger partial charge in [0.2, 0.25) is 0 Å². The highest BCUT2D eigenvalue weighted by molar-refractivity contribution is 9.10. The molecule has 0 spiro atoms. The van der Waals surface area contributed by atoms with Gasteiger partial charge in [-0.25, -0.2) is 5.01 Å². The van der Waals surface area contributed by atoms with Crippen LogP contribution in [-0.2, 0) is 0 Å². The number of carbonyl (C=O) groups excluding carboxylic acids is 1. The first kappa shape index (κ1) is 22.0. The van der Waals surface area contributed by atoms with Crippen LogP contribution < -0.4 is 14.4 Å². The molecule has 1 aliphatic rings. The molecule has 2 aromatic carbocycles. The number of nitrogens with zero attached hydrogens (tertiary/aromatic N) is 3. The third-order valence-electron chi connectivity index (χ3n) is 5.41. The van der Waals surface area contributed by atoms with Gasteiger partial charge in [0, 0.05) is 31.8 Å². The molecule has 0 saturated heterocycles. The molecule has 1 atom stereocenters. The number of hydrogen-bond acceptors (Lipinski definition) is 6. The van der Waals surface area contributed by atoms with Gasteiger partial charge < -0.3 is 18.8 Å². The van der Waals surface area contributed by atoms with Crippen molar-refractivity contribution in [3.63, 3.8) is 0 Å². The number of benzene rings is 2. The van der Waals surface area contributed by atoms with E-state index in [-0.39, 0.29) is 17.7 Å². The second kappa shape index (κ2) is 9.08. The quantitative estimate of drug-likeness (QED) is 0.472. The summed E-state index contributed by atoms with van der Waals surface area (Å²) in [7, 11) is 7.18. The smallest absolute Gasteiger partial charge is 0.310 e. The lowest BCUT2D eigenvalue weighted by Gasteiger charge is -2.22.